The highest BCUT2D eigenvalue weighted by molar-refractivity contribution is 6.33. The van der Waals surface area contributed by atoms with Gasteiger partial charge in [-0.1, -0.05) is 17.4 Å². The van der Waals surface area contributed by atoms with Gasteiger partial charge in [-0.05, 0) is 0 Å². The summed E-state index contributed by atoms with van der Waals surface area (Å²) in [6, 6.07) is 1.14. The van der Waals surface area contributed by atoms with Crippen LogP contribution in [0.25, 0.3) is 10.9 Å². The van der Waals surface area contributed by atoms with Gasteiger partial charge in [0.2, 0.25) is 0 Å². The lowest BCUT2D eigenvalue weighted by atomic mass is 10.2. The summed E-state index contributed by atoms with van der Waals surface area (Å²) in [5.41, 5.74) is 0.363. The molecule has 0 aliphatic carbocycles. The highest BCUT2D eigenvalue weighted by Gasteiger charge is 2.05. The lowest BCUT2D eigenvalue weighted by Crippen LogP contribution is -1.93. The summed E-state index contributed by atoms with van der Waals surface area (Å²) in [4.78, 5) is 0. The van der Waals surface area contributed by atoms with Crippen molar-refractivity contribution in [1.82, 2.24) is 10.2 Å². The topological polar surface area (TPSA) is 51.7 Å². The summed E-state index contributed by atoms with van der Waals surface area (Å²) in [5, 5.41) is 17.2. The Morgan fingerprint density at radius 3 is 3.08 bits per heavy atom. The Balaban J connectivity index is 2.94. The van der Waals surface area contributed by atoms with E-state index in [4.69, 9.17) is 11.6 Å². The first-order chi connectivity index (χ1) is 5.70. The number of rotatable bonds is 0. The lowest BCUT2D eigenvalue weighted by Gasteiger charge is -2.09. The van der Waals surface area contributed by atoms with Gasteiger partial charge in [-0.15, -0.1) is 0 Å². The third-order valence-corrected chi connectivity index (χ3v) is 1.95. The van der Waals surface area contributed by atoms with Crippen LogP contribution in [0.15, 0.2) is 12.3 Å². The first-order valence-corrected chi connectivity index (χ1v) is 3.56. The van der Waals surface area contributed by atoms with E-state index in [9.17, 15) is 9.50 Å². The molecule has 62 valence electrons. The molecule has 0 radical (unpaired) electrons. The zero-order valence-corrected chi connectivity index (χ0v) is 6.52. The number of H-pyrrole nitrogens is 1. The van der Waals surface area contributed by atoms with E-state index < -0.39 is 11.6 Å². The minimum absolute atomic E-state index is 0.307. The number of halogens is 2. The third kappa shape index (κ3) is 0.848. The average molecular weight is 186 g/mol. The van der Waals surface area contributed by atoms with Crippen LogP contribution < -0.4 is 5.11 Å². The Bertz CT molecular complexity index is 440. The molecule has 0 atom stereocenters. The van der Waals surface area contributed by atoms with Crippen molar-refractivity contribution in [2.24, 2.45) is 0 Å². The van der Waals surface area contributed by atoms with Gasteiger partial charge >= 0.3 is 0 Å². The van der Waals surface area contributed by atoms with E-state index >= 15 is 0 Å². The van der Waals surface area contributed by atoms with Gasteiger partial charge in [0.1, 0.15) is 5.82 Å². The summed E-state index contributed by atoms with van der Waals surface area (Å²) in [5.74, 6) is -1.25. The van der Waals surface area contributed by atoms with Gasteiger partial charge in [0, 0.05) is 11.5 Å². The second-order valence-corrected chi connectivity index (χ2v) is 2.71. The van der Waals surface area contributed by atoms with E-state index in [1.807, 2.05) is 0 Å². The highest BCUT2D eigenvalue weighted by atomic mass is 35.5. The van der Waals surface area contributed by atoms with Crippen molar-refractivity contribution in [3.05, 3.63) is 23.1 Å². The summed E-state index contributed by atoms with van der Waals surface area (Å²) in [6.07, 6.45) is 1.32. The highest BCUT2D eigenvalue weighted by Crippen LogP contribution is 2.31. The van der Waals surface area contributed by atoms with E-state index in [0.29, 0.717) is 10.9 Å². The van der Waals surface area contributed by atoms with Crippen LogP contribution in [0.3, 0.4) is 0 Å². The van der Waals surface area contributed by atoms with E-state index in [1.54, 1.807) is 0 Å². The fourth-order valence-corrected chi connectivity index (χ4v) is 1.16. The maximum atomic E-state index is 12.8. The minimum Gasteiger partial charge on any atom is -0.871 e. The van der Waals surface area contributed by atoms with Crippen molar-refractivity contribution < 1.29 is 9.50 Å². The number of fused-ring (bicyclic) bond motifs is 1. The van der Waals surface area contributed by atoms with Gasteiger partial charge in [0.05, 0.1) is 16.7 Å². The number of nitrogens with zero attached hydrogens (tertiary/aromatic N) is 1. The third-order valence-electron chi connectivity index (χ3n) is 1.59. The molecular formula is C7H3ClFN2O-. The second kappa shape index (κ2) is 2.35. The fraction of sp³-hybridized carbons (Fsp3) is 0. The van der Waals surface area contributed by atoms with Crippen molar-refractivity contribution in [1.29, 1.82) is 0 Å². The van der Waals surface area contributed by atoms with Gasteiger partial charge in [-0.25, -0.2) is 4.39 Å². The lowest BCUT2D eigenvalue weighted by molar-refractivity contribution is -0.265. The maximum Gasteiger partial charge on any atom is 0.143 e. The Morgan fingerprint density at radius 2 is 2.33 bits per heavy atom. The van der Waals surface area contributed by atoms with Crippen LogP contribution in [0, 0.1) is 5.82 Å². The number of nitrogens with one attached hydrogen (secondary N) is 1. The largest absolute Gasteiger partial charge is 0.871 e. The monoisotopic (exact) mass is 185 g/mol. The normalized spacial score (nSPS) is 10.8. The first-order valence-electron chi connectivity index (χ1n) is 3.18. The molecule has 5 heteroatoms. The molecule has 0 unspecified atom stereocenters. The maximum absolute atomic E-state index is 12.8. The van der Waals surface area contributed by atoms with Gasteiger partial charge in [0.15, 0.2) is 0 Å². The van der Waals surface area contributed by atoms with Gasteiger partial charge < -0.3 is 5.11 Å². The SMILES string of the molecule is [O-]c1c(Cl)c(F)cc2[nH]ncc12. The first kappa shape index (κ1) is 7.36. The Morgan fingerprint density at radius 1 is 1.58 bits per heavy atom. The van der Waals surface area contributed by atoms with E-state index in [-0.39, 0.29) is 5.02 Å². The number of aromatic amines is 1. The Hall–Kier alpha value is -1.29. The molecule has 1 heterocycles. The van der Waals surface area contributed by atoms with Crippen LogP contribution in [0.5, 0.6) is 5.75 Å². The van der Waals surface area contributed by atoms with Crippen molar-refractivity contribution >= 4 is 22.5 Å². The van der Waals surface area contributed by atoms with E-state index in [1.165, 1.54) is 6.20 Å². The van der Waals surface area contributed by atoms with Gasteiger partial charge in [-0.2, -0.15) is 5.10 Å². The van der Waals surface area contributed by atoms with Crippen LogP contribution in [0.4, 0.5) is 4.39 Å². The van der Waals surface area contributed by atoms with Crippen molar-refractivity contribution in [3.63, 3.8) is 0 Å². The molecule has 0 bridgehead atoms. The molecule has 1 N–H and O–H groups in total. The molecule has 0 spiro atoms. The van der Waals surface area contributed by atoms with Crippen LogP contribution in [-0.4, -0.2) is 10.2 Å². The quantitative estimate of drug-likeness (QED) is 0.675. The summed E-state index contributed by atoms with van der Waals surface area (Å²) >= 11 is 5.38. The molecule has 1 aromatic carbocycles. The molecule has 0 aliphatic rings. The molecule has 12 heavy (non-hydrogen) atoms. The number of hydrogen-bond donors (Lipinski definition) is 1. The smallest absolute Gasteiger partial charge is 0.143 e. The van der Waals surface area contributed by atoms with Crippen LogP contribution in [0.1, 0.15) is 0 Å². The number of aromatic nitrogens is 2. The summed E-state index contributed by atoms with van der Waals surface area (Å²) < 4.78 is 12.8. The predicted molar refractivity (Wildman–Crippen MR) is 40.5 cm³/mol. The molecule has 0 saturated carbocycles. The van der Waals surface area contributed by atoms with Gasteiger partial charge in [0.25, 0.3) is 0 Å². The zero-order valence-electron chi connectivity index (χ0n) is 5.77. The molecule has 0 saturated heterocycles. The molecule has 0 amide bonds. The molecule has 0 fully saturated rings. The molecule has 0 aliphatic heterocycles. The van der Waals surface area contributed by atoms with Crippen LogP contribution >= 0.6 is 11.6 Å². The summed E-state index contributed by atoms with van der Waals surface area (Å²) in [7, 11) is 0. The van der Waals surface area contributed by atoms with E-state index in [2.05, 4.69) is 10.2 Å². The number of hydrogen-bond acceptors (Lipinski definition) is 2. The second-order valence-electron chi connectivity index (χ2n) is 2.33. The molecule has 3 nitrogen and oxygen atoms in total. The fourth-order valence-electron chi connectivity index (χ4n) is 1.00. The minimum atomic E-state index is -0.724. The van der Waals surface area contributed by atoms with Crippen molar-refractivity contribution in [3.8, 4) is 5.75 Å². The average Bonchev–Trinajstić information content (AvgIpc) is 2.48. The number of benzene rings is 1. The molecule has 2 aromatic rings. The van der Waals surface area contributed by atoms with Crippen molar-refractivity contribution in [2.45, 2.75) is 0 Å². The van der Waals surface area contributed by atoms with Crippen molar-refractivity contribution in [2.75, 3.05) is 0 Å². The van der Waals surface area contributed by atoms with Crippen LogP contribution in [0.2, 0.25) is 5.02 Å². The molecular weight excluding hydrogens is 183 g/mol. The summed E-state index contributed by atoms with van der Waals surface area (Å²) in [6.45, 7) is 0. The Labute approximate surface area is 71.8 Å². The zero-order chi connectivity index (χ0) is 8.72. The van der Waals surface area contributed by atoms with E-state index in [0.717, 1.165) is 6.07 Å². The molecule has 2 rings (SSSR count). The molecule has 1 aromatic heterocycles. The van der Waals surface area contributed by atoms with Gasteiger partial charge in [-0.3, -0.25) is 5.10 Å². The van der Waals surface area contributed by atoms with Crippen LogP contribution in [-0.2, 0) is 0 Å². The predicted octanol–water partition coefficient (Wildman–Crippen LogP) is 1.43. The standard InChI is InChI=1S/C7H4ClFN2O/c8-6-4(9)1-5-3(7(6)12)2-10-11-5/h1-2,12H,(H,10,11)/p-1. The Kier molecular flexibility index (Phi) is 1.44.